The van der Waals surface area contributed by atoms with Gasteiger partial charge in [0.25, 0.3) is 0 Å². The first-order valence-corrected chi connectivity index (χ1v) is 6.85. The van der Waals surface area contributed by atoms with Crippen LogP contribution < -0.4 is 0 Å². The zero-order valence-corrected chi connectivity index (χ0v) is 12.4. The van der Waals surface area contributed by atoms with E-state index in [4.69, 9.17) is 29.1 Å². The average molecular weight is 304 g/mol. The molecule has 0 aromatic heterocycles. The van der Waals surface area contributed by atoms with Crippen LogP contribution in [0.1, 0.15) is 22.3 Å². The van der Waals surface area contributed by atoms with Crippen molar-refractivity contribution in [3.63, 3.8) is 0 Å². The molecule has 4 heteroatoms. The topological polar surface area (TPSA) is 23.8 Å². The molecule has 0 amide bonds. The zero-order chi connectivity index (χ0) is 13.8. The first-order valence-electron chi connectivity index (χ1n) is 5.61. The third-order valence-corrected chi connectivity index (χ3v) is 3.51. The molecular weight excluding hydrogens is 294 g/mol. The molecule has 0 aliphatic heterocycles. The third-order valence-electron chi connectivity index (χ3n) is 2.82. The fourth-order valence-corrected chi connectivity index (χ4v) is 2.52. The van der Waals surface area contributed by atoms with Crippen LogP contribution in [0.3, 0.4) is 0 Å². The lowest BCUT2D eigenvalue weighted by molar-refractivity contribution is 1.17. The smallest absolute Gasteiger partial charge is 0.0994 e. The van der Waals surface area contributed by atoms with E-state index in [0.717, 1.165) is 16.7 Å². The summed E-state index contributed by atoms with van der Waals surface area (Å²) in [6.07, 6.45) is 0.611. The number of halogens is 1. The molecule has 19 heavy (non-hydrogen) atoms. The van der Waals surface area contributed by atoms with Crippen LogP contribution in [-0.4, -0.2) is 4.20 Å². The van der Waals surface area contributed by atoms with Crippen molar-refractivity contribution in [3.05, 3.63) is 69.7 Å². The van der Waals surface area contributed by atoms with Gasteiger partial charge in [-0.1, -0.05) is 48.1 Å². The summed E-state index contributed by atoms with van der Waals surface area (Å²) in [5.41, 5.74) is 3.49. The van der Waals surface area contributed by atoms with Gasteiger partial charge in [-0.3, -0.25) is 0 Å². The highest BCUT2D eigenvalue weighted by Gasteiger charge is 2.09. The Kier molecular flexibility index (Phi) is 4.60. The standard InChI is InChI=1S/C15H10ClNS2/c16-13-5-6-14(15(18)19)12(8-13)7-10-3-1-2-4-11(10)9-17/h1-6,8H,7H2,(H,18,19). The van der Waals surface area contributed by atoms with Gasteiger partial charge in [0.05, 0.1) is 15.8 Å². The van der Waals surface area contributed by atoms with Crippen LogP contribution >= 0.6 is 36.4 Å². The summed E-state index contributed by atoms with van der Waals surface area (Å²) in [7, 11) is 0. The number of nitriles is 1. The monoisotopic (exact) mass is 303 g/mol. The number of rotatable bonds is 3. The fraction of sp³-hybridized carbons (Fsp3) is 0.0667. The van der Waals surface area contributed by atoms with Crippen LogP contribution in [0.25, 0.3) is 0 Å². The molecule has 2 aromatic rings. The van der Waals surface area contributed by atoms with Crippen molar-refractivity contribution in [3.8, 4) is 6.07 Å². The number of thiol groups is 1. The summed E-state index contributed by atoms with van der Waals surface area (Å²) in [4.78, 5) is 0. The molecule has 0 radical (unpaired) electrons. The van der Waals surface area contributed by atoms with Crippen LogP contribution in [0.15, 0.2) is 42.5 Å². The van der Waals surface area contributed by atoms with Crippen molar-refractivity contribution in [2.45, 2.75) is 6.42 Å². The van der Waals surface area contributed by atoms with Crippen molar-refractivity contribution in [1.82, 2.24) is 0 Å². The summed E-state index contributed by atoms with van der Waals surface area (Å²) in [5.74, 6) is 0. The lowest BCUT2D eigenvalue weighted by Crippen LogP contribution is -1.99. The van der Waals surface area contributed by atoms with Gasteiger partial charge in [-0.15, -0.1) is 12.6 Å². The summed E-state index contributed by atoms with van der Waals surface area (Å²) < 4.78 is 0.529. The van der Waals surface area contributed by atoms with Gasteiger partial charge >= 0.3 is 0 Å². The van der Waals surface area contributed by atoms with E-state index in [0.29, 0.717) is 21.2 Å². The van der Waals surface area contributed by atoms with Crippen molar-refractivity contribution in [2.24, 2.45) is 0 Å². The molecule has 0 bridgehead atoms. The largest absolute Gasteiger partial charge is 0.192 e. The minimum absolute atomic E-state index is 0.529. The minimum atomic E-state index is 0.529. The molecule has 0 saturated heterocycles. The predicted octanol–water partition coefficient (Wildman–Crippen LogP) is 4.41. The molecule has 2 rings (SSSR count). The molecule has 0 saturated carbocycles. The fourth-order valence-electron chi connectivity index (χ4n) is 1.91. The van der Waals surface area contributed by atoms with E-state index in [2.05, 4.69) is 18.7 Å². The molecule has 94 valence electrons. The molecular formula is C15H10ClNS2. The molecule has 1 nitrogen and oxygen atoms in total. The Labute approximate surface area is 128 Å². The Morgan fingerprint density at radius 3 is 2.63 bits per heavy atom. The lowest BCUT2D eigenvalue weighted by atomic mass is 9.97. The van der Waals surface area contributed by atoms with E-state index >= 15 is 0 Å². The molecule has 0 N–H and O–H groups in total. The Bertz CT molecular complexity index is 674. The van der Waals surface area contributed by atoms with Crippen molar-refractivity contribution < 1.29 is 0 Å². The average Bonchev–Trinajstić information content (AvgIpc) is 2.39. The van der Waals surface area contributed by atoms with Gasteiger partial charge in [-0.25, -0.2) is 0 Å². The van der Waals surface area contributed by atoms with Gasteiger partial charge in [0.2, 0.25) is 0 Å². The van der Waals surface area contributed by atoms with Gasteiger partial charge in [0, 0.05) is 10.6 Å². The summed E-state index contributed by atoms with van der Waals surface area (Å²) in [6, 6.07) is 15.2. The lowest BCUT2D eigenvalue weighted by Gasteiger charge is -2.10. The third kappa shape index (κ3) is 3.36. The van der Waals surface area contributed by atoms with Crippen LogP contribution in [0.2, 0.25) is 5.02 Å². The van der Waals surface area contributed by atoms with Gasteiger partial charge < -0.3 is 0 Å². The van der Waals surface area contributed by atoms with Crippen molar-refractivity contribution >= 4 is 40.6 Å². The second-order valence-electron chi connectivity index (χ2n) is 4.05. The number of benzene rings is 2. The van der Waals surface area contributed by atoms with E-state index < -0.39 is 0 Å². The van der Waals surface area contributed by atoms with Crippen molar-refractivity contribution in [1.29, 1.82) is 5.26 Å². The second kappa shape index (κ2) is 6.21. The Morgan fingerprint density at radius 2 is 1.95 bits per heavy atom. The van der Waals surface area contributed by atoms with E-state index in [9.17, 15) is 0 Å². The second-order valence-corrected chi connectivity index (χ2v) is 5.65. The van der Waals surface area contributed by atoms with E-state index in [-0.39, 0.29) is 0 Å². The molecule has 0 aliphatic carbocycles. The van der Waals surface area contributed by atoms with Gasteiger partial charge in [-0.2, -0.15) is 5.26 Å². The summed E-state index contributed by atoms with van der Waals surface area (Å²) >= 11 is 15.4. The molecule has 0 unspecified atom stereocenters. The molecule has 0 atom stereocenters. The van der Waals surface area contributed by atoms with Gasteiger partial charge in [0.15, 0.2) is 0 Å². The van der Waals surface area contributed by atoms with Gasteiger partial charge in [0.1, 0.15) is 0 Å². The van der Waals surface area contributed by atoms with Crippen LogP contribution in [0.4, 0.5) is 0 Å². The normalized spacial score (nSPS) is 9.95. The molecule has 0 aliphatic rings. The number of nitrogens with zero attached hydrogens (tertiary/aromatic N) is 1. The van der Waals surface area contributed by atoms with Crippen molar-refractivity contribution in [2.75, 3.05) is 0 Å². The maximum Gasteiger partial charge on any atom is 0.0994 e. The number of thiocarbonyl (C=S) groups is 1. The first-order chi connectivity index (χ1) is 9.11. The molecule has 0 spiro atoms. The minimum Gasteiger partial charge on any atom is -0.192 e. The predicted molar refractivity (Wildman–Crippen MR) is 86.1 cm³/mol. The molecule has 2 aromatic carbocycles. The maximum absolute atomic E-state index is 9.11. The number of hydrogen-bond donors (Lipinski definition) is 1. The molecule has 0 heterocycles. The Balaban J connectivity index is 2.46. The Hall–Kier alpha value is -1.34. The first kappa shape index (κ1) is 14.1. The van der Waals surface area contributed by atoms with E-state index in [1.165, 1.54) is 0 Å². The van der Waals surface area contributed by atoms with E-state index in [1.807, 2.05) is 30.3 Å². The summed E-state index contributed by atoms with van der Waals surface area (Å²) in [6.45, 7) is 0. The SMILES string of the molecule is N#Cc1ccccc1Cc1cc(Cl)ccc1C(=S)S. The highest BCUT2D eigenvalue weighted by molar-refractivity contribution is 8.11. The molecule has 0 fully saturated rings. The highest BCUT2D eigenvalue weighted by atomic mass is 35.5. The zero-order valence-electron chi connectivity index (χ0n) is 9.93. The number of hydrogen-bond acceptors (Lipinski definition) is 2. The summed E-state index contributed by atoms with van der Waals surface area (Å²) in [5, 5.41) is 9.76. The Morgan fingerprint density at radius 1 is 1.21 bits per heavy atom. The quantitative estimate of drug-likeness (QED) is 0.671. The maximum atomic E-state index is 9.11. The van der Waals surface area contributed by atoms with Crippen LogP contribution in [0, 0.1) is 11.3 Å². The highest BCUT2D eigenvalue weighted by Crippen LogP contribution is 2.22. The van der Waals surface area contributed by atoms with Crippen LogP contribution in [0.5, 0.6) is 0 Å². The van der Waals surface area contributed by atoms with Crippen LogP contribution in [-0.2, 0) is 6.42 Å². The van der Waals surface area contributed by atoms with Gasteiger partial charge in [-0.05, 0) is 35.7 Å². The van der Waals surface area contributed by atoms with E-state index in [1.54, 1.807) is 12.1 Å².